The lowest BCUT2D eigenvalue weighted by Gasteiger charge is -2.03. The summed E-state index contributed by atoms with van der Waals surface area (Å²) in [6, 6.07) is 0. The molecule has 0 radical (unpaired) electrons. The molecule has 0 aliphatic rings. The molecule has 0 aliphatic carbocycles. The van der Waals surface area contributed by atoms with E-state index in [2.05, 4.69) is 0 Å². The Labute approximate surface area is 151 Å². The van der Waals surface area contributed by atoms with Crippen molar-refractivity contribution in [2.45, 2.75) is 103 Å². The quantitative estimate of drug-likeness (QED) is 0.314. The predicted molar refractivity (Wildman–Crippen MR) is 97.7 cm³/mol. The van der Waals surface area contributed by atoms with Crippen molar-refractivity contribution in [3.8, 4) is 0 Å². The number of carboxylic acid groups (broad SMARTS) is 2. The molecule has 0 aromatic rings. The summed E-state index contributed by atoms with van der Waals surface area (Å²) in [7, 11) is 0. The number of hydrogen-bond acceptors (Lipinski definition) is 3. The third kappa shape index (κ3) is 20.4. The molecule has 0 saturated carbocycles. The van der Waals surface area contributed by atoms with Gasteiger partial charge in [0.05, 0.1) is 0 Å². The first-order chi connectivity index (χ1) is 12.0. The van der Waals surface area contributed by atoms with Crippen molar-refractivity contribution in [3.05, 3.63) is 0 Å². The molecule has 146 valence electrons. The van der Waals surface area contributed by atoms with Crippen molar-refractivity contribution in [1.82, 2.24) is 5.32 Å². The molecule has 0 heterocycles. The van der Waals surface area contributed by atoms with E-state index in [1.54, 1.807) is 0 Å². The van der Waals surface area contributed by atoms with Crippen molar-refractivity contribution >= 4 is 18.0 Å². The zero-order valence-electron chi connectivity index (χ0n) is 15.4. The van der Waals surface area contributed by atoms with Crippen molar-refractivity contribution in [2.24, 2.45) is 0 Å². The van der Waals surface area contributed by atoms with E-state index >= 15 is 0 Å². The molecule has 0 saturated heterocycles. The van der Waals surface area contributed by atoms with Crippen LogP contribution in [0.25, 0.3) is 0 Å². The molecule has 6 nitrogen and oxygen atoms in total. The second kappa shape index (κ2) is 17.2. The fourth-order valence-electron chi connectivity index (χ4n) is 2.86. The molecule has 6 heteroatoms. The van der Waals surface area contributed by atoms with Crippen LogP contribution in [0.2, 0.25) is 0 Å². The van der Waals surface area contributed by atoms with Gasteiger partial charge in [-0.3, -0.25) is 14.9 Å². The van der Waals surface area contributed by atoms with Crippen LogP contribution in [0, 0.1) is 0 Å². The molecule has 2 amide bonds. The molecule has 0 aromatic heterocycles. The monoisotopic (exact) mass is 357 g/mol. The van der Waals surface area contributed by atoms with Crippen LogP contribution in [-0.4, -0.2) is 28.2 Å². The summed E-state index contributed by atoms with van der Waals surface area (Å²) in [5, 5.41) is 18.8. The summed E-state index contributed by atoms with van der Waals surface area (Å²) in [6.07, 6.45) is 15.1. The van der Waals surface area contributed by atoms with Crippen molar-refractivity contribution in [1.29, 1.82) is 0 Å². The molecule has 0 atom stereocenters. The third-order valence-electron chi connectivity index (χ3n) is 4.29. The van der Waals surface area contributed by atoms with Gasteiger partial charge in [-0.25, -0.2) is 4.79 Å². The average molecular weight is 357 g/mol. The number of unbranched alkanes of at least 4 members (excludes halogenated alkanes) is 13. The Morgan fingerprint density at radius 1 is 0.520 bits per heavy atom. The van der Waals surface area contributed by atoms with E-state index in [9.17, 15) is 14.4 Å². The molecular weight excluding hydrogens is 322 g/mol. The smallest absolute Gasteiger partial charge is 0.411 e. The van der Waals surface area contributed by atoms with Gasteiger partial charge in [-0.2, -0.15) is 0 Å². The highest BCUT2D eigenvalue weighted by atomic mass is 16.4. The molecule has 3 N–H and O–H groups in total. The minimum atomic E-state index is -1.27. The first-order valence-corrected chi connectivity index (χ1v) is 9.77. The van der Waals surface area contributed by atoms with Gasteiger partial charge in [0.2, 0.25) is 5.91 Å². The Hall–Kier alpha value is -1.59. The van der Waals surface area contributed by atoms with Crippen LogP contribution < -0.4 is 5.32 Å². The van der Waals surface area contributed by atoms with E-state index in [1.165, 1.54) is 51.4 Å². The summed E-state index contributed by atoms with van der Waals surface area (Å²) in [4.78, 5) is 31.7. The summed E-state index contributed by atoms with van der Waals surface area (Å²) >= 11 is 0. The number of amides is 2. The second-order valence-electron chi connectivity index (χ2n) is 6.70. The number of carbonyl (C=O) groups is 3. The van der Waals surface area contributed by atoms with E-state index in [-0.39, 0.29) is 0 Å². The van der Waals surface area contributed by atoms with Gasteiger partial charge in [-0.1, -0.05) is 77.0 Å². The van der Waals surface area contributed by atoms with Crippen LogP contribution in [-0.2, 0) is 9.59 Å². The predicted octanol–water partition coefficient (Wildman–Crippen LogP) is 5.11. The molecule has 0 aliphatic heterocycles. The molecule has 0 spiro atoms. The van der Waals surface area contributed by atoms with Crippen LogP contribution in [0.5, 0.6) is 0 Å². The van der Waals surface area contributed by atoms with Gasteiger partial charge in [0, 0.05) is 12.8 Å². The van der Waals surface area contributed by atoms with E-state index in [4.69, 9.17) is 10.2 Å². The molecule has 0 bridgehead atoms. The first-order valence-electron chi connectivity index (χ1n) is 9.77. The maximum absolute atomic E-state index is 11.1. The van der Waals surface area contributed by atoms with Gasteiger partial charge < -0.3 is 10.2 Å². The Morgan fingerprint density at radius 3 is 1.16 bits per heavy atom. The highest BCUT2D eigenvalue weighted by molar-refractivity contribution is 5.90. The van der Waals surface area contributed by atoms with Crippen LogP contribution in [0.1, 0.15) is 103 Å². The van der Waals surface area contributed by atoms with Crippen molar-refractivity contribution < 1.29 is 24.6 Å². The minimum Gasteiger partial charge on any atom is -0.481 e. The fourth-order valence-corrected chi connectivity index (χ4v) is 2.86. The molecular formula is C19H35NO5. The zero-order valence-corrected chi connectivity index (χ0v) is 15.4. The lowest BCUT2D eigenvalue weighted by Crippen LogP contribution is -2.28. The summed E-state index contributed by atoms with van der Waals surface area (Å²) in [5.74, 6) is -1.10. The van der Waals surface area contributed by atoms with Gasteiger partial charge in [-0.15, -0.1) is 0 Å². The largest absolute Gasteiger partial charge is 0.481 e. The summed E-state index contributed by atoms with van der Waals surface area (Å²) in [6.45, 7) is 0. The Bertz CT molecular complexity index is 371. The van der Waals surface area contributed by atoms with Gasteiger partial charge in [0.15, 0.2) is 0 Å². The molecule has 25 heavy (non-hydrogen) atoms. The lowest BCUT2D eigenvalue weighted by atomic mass is 10.0. The number of nitrogens with one attached hydrogen (secondary N) is 1. The minimum absolute atomic E-state index is 0.294. The van der Waals surface area contributed by atoms with Crippen molar-refractivity contribution in [2.75, 3.05) is 0 Å². The molecule has 0 unspecified atom stereocenters. The number of rotatable bonds is 17. The maximum Gasteiger partial charge on any atom is 0.411 e. The highest BCUT2D eigenvalue weighted by Gasteiger charge is 2.04. The standard InChI is InChI=1S/C19H35NO5/c21-17(20-19(24)25)15-13-11-9-7-5-3-1-2-4-6-8-10-12-14-16-18(22)23/h1-16H2,(H,20,21)(H,22,23)(H,24,25). The number of imide groups is 1. The Morgan fingerprint density at radius 2 is 0.840 bits per heavy atom. The molecule has 0 aromatic carbocycles. The lowest BCUT2D eigenvalue weighted by molar-refractivity contribution is -0.137. The van der Waals surface area contributed by atoms with E-state index < -0.39 is 18.0 Å². The van der Waals surface area contributed by atoms with E-state index in [0.717, 1.165) is 38.5 Å². The number of carbonyl (C=O) groups excluding carboxylic acids is 1. The van der Waals surface area contributed by atoms with E-state index in [1.807, 2.05) is 5.32 Å². The Balaban J connectivity index is 3.11. The number of carboxylic acids is 1. The van der Waals surface area contributed by atoms with Gasteiger partial charge >= 0.3 is 12.1 Å². The number of hydrogen-bond donors (Lipinski definition) is 3. The summed E-state index contributed by atoms with van der Waals surface area (Å²) in [5.41, 5.74) is 0. The Kier molecular flexibility index (Phi) is 16.1. The fraction of sp³-hybridized carbons (Fsp3) is 0.842. The van der Waals surface area contributed by atoms with Gasteiger partial charge in [0.1, 0.15) is 0 Å². The second-order valence-corrected chi connectivity index (χ2v) is 6.70. The molecule has 0 rings (SSSR count). The first kappa shape index (κ1) is 23.4. The van der Waals surface area contributed by atoms with Crippen LogP contribution in [0.15, 0.2) is 0 Å². The van der Waals surface area contributed by atoms with Gasteiger partial charge in [-0.05, 0) is 12.8 Å². The van der Waals surface area contributed by atoms with E-state index in [0.29, 0.717) is 12.8 Å². The highest BCUT2D eigenvalue weighted by Crippen LogP contribution is 2.13. The SMILES string of the molecule is O=C(O)CCCCCCCCCCCCCCCCC(=O)NC(=O)O. The third-order valence-corrected chi connectivity index (χ3v) is 4.29. The van der Waals surface area contributed by atoms with Gasteiger partial charge in [0.25, 0.3) is 0 Å². The normalized spacial score (nSPS) is 10.6. The van der Waals surface area contributed by atoms with Crippen LogP contribution >= 0.6 is 0 Å². The topological polar surface area (TPSA) is 104 Å². The summed E-state index contributed by atoms with van der Waals surface area (Å²) < 4.78 is 0. The van der Waals surface area contributed by atoms with Crippen LogP contribution in [0.3, 0.4) is 0 Å². The van der Waals surface area contributed by atoms with Crippen LogP contribution in [0.4, 0.5) is 4.79 Å². The molecule has 0 fully saturated rings. The maximum atomic E-state index is 11.1. The number of aliphatic carboxylic acids is 1. The van der Waals surface area contributed by atoms with Crippen molar-refractivity contribution in [3.63, 3.8) is 0 Å². The average Bonchev–Trinajstić information content (AvgIpc) is 2.53. The zero-order chi connectivity index (χ0) is 18.8.